The quantitative estimate of drug-likeness (QED) is 0.386. The van der Waals surface area contributed by atoms with Crippen LogP contribution in [0.15, 0.2) is 65.4 Å². The number of carbonyl (C=O) groups is 1. The Morgan fingerprint density at radius 3 is 2.62 bits per heavy atom. The molecule has 1 aromatic carbocycles. The SMILES string of the molecule is Cc1ncc(-c2ccnc(C(C)(C)C(=O)NCCCN)c2)nc1-c1cc(-c2ccccc2)no1. The van der Waals surface area contributed by atoms with Crippen LogP contribution in [-0.2, 0) is 10.2 Å². The lowest BCUT2D eigenvalue weighted by Gasteiger charge is -2.23. The lowest BCUT2D eigenvalue weighted by Crippen LogP contribution is -2.41. The zero-order valence-corrected chi connectivity index (χ0v) is 19.6. The van der Waals surface area contributed by atoms with E-state index in [2.05, 4.69) is 20.4 Å². The summed E-state index contributed by atoms with van der Waals surface area (Å²) in [4.78, 5) is 26.5. The summed E-state index contributed by atoms with van der Waals surface area (Å²) in [6.07, 6.45) is 4.12. The molecule has 174 valence electrons. The molecule has 0 aliphatic rings. The van der Waals surface area contributed by atoms with E-state index in [1.165, 1.54) is 0 Å². The van der Waals surface area contributed by atoms with E-state index in [9.17, 15) is 4.79 Å². The molecule has 0 radical (unpaired) electrons. The zero-order valence-electron chi connectivity index (χ0n) is 19.6. The van der Waals surface area contributed by atoms with Crippen LogP contribution in [0, 0.1) is 6.92 Å². The molecular weight excluding hydrogens is 428 g/mol. The Hall–Kier alpha value is -3.91. The summed E-state index contributed by atoms with van der Waals surface area (Å²) in [5.74, 6) is 0.441. The van der Waals surface area contributed by atoms with Gasteiger partial charge in [-0.3, -0.25) is 14.8 Å². The molecule has 4 aromatic rings. The van der Waals surface area contributed by atoms with Crippen LogP contribution in [0.5, 0.6) is 0 Å². The first-order valence-electron chi connectivity index (χ1n) is 11.2. The average Bonchev–Trinajstić information content (AvgIpc) is 3.35. The summed E-state index contributed by atoms with van der Waals surface area (Å²) in [6.45, 7) is 6.64. The molecule has 1 amide bonds. The Kier molecular flexibility index (Phi) is 6.79. The first kappa shape index (κ1) is 23.3. The third kappa shape index (κ3) is 4.87. The number of benzene rings is 1. The highest BCUT2D eigenvalue weighted by Crippen LogP contribution is 2.30. The van der Waals surface area contributed by atoms with Crippen molar-refractivity contribution in [2.24, 2.45) is 5.73 Å². The van der Waals surface area contributed by atoms with Gasteiger partial charge in [-0.25, -0.2) is 4.98 Å². The maximum Gasteiger partial charge on any atom is 0.231 e. The fraction of sp³-hybridized carbons (Fsp3) is 0.269. The summed E-state index contributed by atoms with van der Waals surface area (Å²) in [5.41, 5.74) is 9.86. The van der Waals surface area contributed by atoms with E-state index in [1.54, 1.807) is 12.4 Å². The van der Waals surface area contributed by atoms with Gasteiger partial charge in [-0.2, -0.15) is 0 Å². The largest absolute Gasteiger partial charge is 0.355 e. The van der Waals surface area contributed by atoms with Crippen LogP contribution in [0.3, 0.4) is 0 Å². The maximum absolute atomic E-state index is 12.8. The van der Waals surface area contributed by atoms with Gasteiger partial charge in [-0.05, 0) is 45.9 Å². The molecular formula is C26H28N6O2. The van der Waals surface area contributed by atoms with Gasteiger partial charge in [-0.1, -0.05) is 35.5 Å². The fourth-order valence-corrected chi connectivity index (χ4v) is 3.53. The van der Waals surface area contributed by atoms with Crippen LogP contribution in [0.25, 0.3) is 34.0 Å². The van der Waals surface area contributed by atoms with Gasteiger partial charge in [0.15, 0.2) is 5.76 Å². The van der Waals surface area contributed by atoms with E-state index in [0.29, 0.717) is 35.9 Å². The maximum atomic E-state index is 12.8. The monoisotopic (exact) mass is 456 g/mol. The van der Waals surface area contributed by atoms with Crippen molar-refractivity contribution in [3.8, 4) is 34.0 Å². The third-order valence-corrected chi connectivity index (χ3v) is 5.70. The second-order valence-corrected chi connectivity index (χ2v) is 8.58. The molecule has 0 aliphatic carbocycles. The number of pyridine rings is 1. The van der Waals surface area contributed by atoms with Gasteiger partial charge in [0, 0.05) is 29.9 Å². The first-order valence-corrected chi connectivity index (χ1v) is 11.2. The van der Waals surface area contributed by atoms with Gasteiger partial charge < -0.3 is 15.6 Å². The Labute approximate surface area is 198 Å². The van der Waals surface area contributed by atoms with E-state index < -0.39 is 5.41 Å². The second-order valence-electron chi connectivity index (χ2n) is 8.58. The molecule has 3 heterocycles. The van der Waals surface area contributed by atoms with Crippen LogP contribution in [0.4, 0.5) is 0 Å². The van der Waals surface area contributed by atoms with Crippen molar-refractivity contribution in [2.45, 2.75) is 32.6 Å². The van der Waals surface area contributed by atoms with Gasteiger partial charge in [0.25, 0.3) is 0 Å². The number of hydrogen-bond acceptors (Lipinski definition) is 7. The van der Waals surface area contributed by atoms with E-state index in [-0.39, 0.29) is 5.91 Å². The summed E-state index contributed by atoms with van der Waals surface area (Å²) >= 11 is 0. The average molecular weight is 457 g/mol. The van der Waals surface area contributed by atoms with Crippen molar-refractivity contribution in [3.63, 3.8) is 0 Å². The molecule has 0 spiro atoms. The topological polar surface area (TPSA) is 120 Å². The molecule has 0 bridgehead atoms. The second kappa shape index (κ2) is 9.93. The fourth-order valence-electron chi connectivity index (χ4n) is 3.53. The van der Waals surface area contributed by atoms with Crippen LogP contribution in [-0.4, -0.2) is 39.1 Å². The molecule has 8 heteroatoms. The van der Waals surface area contributed by atoms with Crippen molar-refractivity contribution in [2.75, 3.05) is 13.1 Å². The molecule has 3 N–H and O–H groups in total. The summed E-state index contributed by atoms with van der Waals surface area (Å²) in [5, 5.41) is 7.13. The minimum atomic E-state index is -0.818. The lowest BCUT2D eigenvalue weighted by molar-refractivity contribution is -0.125. The number of nitrogens with zero attached hydrogens (tertiary/aromatic N) is 4. The number of nitrogens with two attached hydrogens (primary N) is 1. The molecule has 8 nitrogen and oxygen atoms in total. The molecule has 0 atom stereocenters. The highest BCUT2D eigenvalue weighted by atomic mass is 16.5. The number of rotatable bonds is 8. The standard InChI is InChI=1S/C26H28N6O2/c1-17-24(22-15-20(32-34-22)18-8-5-4-6-9-18)31-21(16-30-17)19-10-13-28-23(14-19)26(2,3)25(33)29-12-7-11-27/h4-6,8-10,13-16H,7,11-12,27H2,1-3H3,(H,29,33). The number of aryl methyl sites for hydroxylation is 1. The molecule has 0 unspecified atom stereocenters. The van der Waals surface area contributed by atoms with Crippen LogP contribution in [0.2, 0.25) is 0 Å². The van der Waals surface area contributed by atoms with Gasteiger partial charge >= 0.3 is 0 Å². The molecule has 3 aromatic heterocycles. The van der Waals surface area contributed by atoms with Crippen molar-refractivity contribution in [3.05, 3.63) is 72.3 Å². The predicted octanol–water partition coefficient (Wildman–Crippen LogP) is 3.91. The minimum Gasteiger partial charge on any atom is -0.355 e. The predicted molar refractivity (Wildman–Crippen MR) is 131 cm³/mol. The van der Waals surface area contributed by atoms with E-state index in [4.69, 9.17) is 15.2 Å². The normalized spacial score (nSPS) is 11.4. The molecule has 0 saturated heterocycles. The van der Waals surface area contributed by atoms with E-state index in [0.717, 1.165) is 28.9 Å². The number of hydrogen-bond donors (Lipinski definition) is 2. The third-order valence-electron chi connectivity index (χ3n) is 5.70. The number of aromatic nitrogens is 4. The molecule has 0 fully saturated rings. The van der Waals surface area contributed by atoms with E-state index >= 15 is 0 Å². The Balaban J connectivity index is 1.64. The van der Waals surface area contributed by atoms with Gasteiger partial charge in [0.1, 0.15) is 11.4 Å². The smallest absolute Gasteiger partial charge is 0.231 e. The Morgan fingerprint density at radius 2 is 1.85 bits per heavy atom. The van der Waals surface area contributed by atoms with Crippen molar-refractivity contribution in [1.82, 2.24) is 25.4 Å². The van der Waals surface area contributed by atoms with Crippen LogP contribution < -0.4 is 11.1 Å². The molecule has 4 rings (SSSR count). The minimum absolute atomic E-state index is 0.101. The summed E-state index contributed by atoms with van der Waals surface area (Å²) < 4.78 is 5.61. The Bertz CT molecular complexity index is 1280. The number of carbonyl (C=O) groups excluding carboxylic acids is 1. The summed E-state index contributed by atoms with van der Waals surface area (Å²) in [6, 6.07) is 15.4. The van der Waals surface area contributed by atoms with Crippen molar-refractivity contribution >= 4 is 5.91 Å². The van der Waals surface area contributed by atoms with Gasteiger partial charge in [0.05, 0.1) is 28.7 Å². The van der Waals surface area contributed by atoms with E-state index in [1.807, 2.05) is 69.3 Å². The van der Waals surface area contributed by atoms with Gasteiger partial charge in [0.2, 0.25) is 5.91 Å². The number of amides is 1. The summed E-state index contributed by atoms with van der Waals surface area (Å²) in [7, 11) is 0. The van der Waals surface area contributed by atoms with Crippen LogP contribution in [0.1, 0.15) is 31.7 Å². The van der Waals surface area contributed by atoms with Gasteiger partial charge in [-0.15, -0.1) is 0 Å². The highest BCUT2D eigenvalue weighted by molar-refractivity contribution is 5.87. The molecule has 0 saturated carbocycles. The number of nitrogens with one attached hydrogen (secondary N) is 1. The lowest BCUT2D eigenvalue weighted by atomic mass is 9.86. The van der Waals surface area contributed by atoms with Crippen LogP contribution >= 0.6 is 0 Å². The van der Waals surface area contributed by atoms with Crippen molar-refractivity contribution < 1.29 is 9.32 Å². The molecule has 34 heavy (non-hydrogen) atoms. The Morgan fingerprint density at radius 1 is 1.06 bits per heavy atom. The molecule has 0 aliphatic heterocycles. The zero-order chi connectivity index (χ0) is 24.1. The highest BCUT2D eigenvalue weighted by Gasteiger charge is 2.31. The first-order chi connectivity index (χ1) is 16.4. The van der Waals surface area contributed by atoms with Crippen molar-refractivity contribution in [1.29, 1.82) is 0 Å².